The minimum atomic E-state index is -0.337. The van der Waals surface area contributed by atoms with Gasteiger partial charge in [-0.2, -0.15) is 0 Å². The lowest BCUT2D eigenvalue weighted by Crippen LogP contribution is -2.13. The van der Waals surface area contributed by atoms with Crippen LogP contribution in [0.4, 0.5) is 4.39 Å². The summed E-state index contributed by atoms with van der Waals surface area (Å²) >= 11 is 1.23. The quantitative estimate of drug-likeness (QED) is 0.481. The van der Waals surface area contributed by atoms with E-state index in [4.69, 9.17) is 4.42 Å². The Morgan fingerprint density at radius 1 is 1.12 bits per heavy atom. The highest BCUT2D eigenvalue weighted by molar-refractivity contribution is 8.00. The summed E-state index contributed by atoms with van der Waals surface area (Å²) in [5.74, 6) is 0.0346. The van der Waals surface area contributed by atoms with Gasteiger partial charge in [0.2, 0.25) is 5.89 Å². The van der Waals surface area contributed by atoms with Crippen molar-refractivity contribution in [3.8, 4) is 11.5 Å². The van der Waals surface area contributed by atoms with Crippen molar-refractivity contribution in [2.75, 3.05) is 0 Å². The second-order valence-corrected chi connectivity index (χ2v) is 7.63. The first-order chi connectivity index (χ1) is 12.6. The van der Waals surface area contributed by atoms with Crippen LogP contribution >= 0.6 is 11.8 Å². The summed E-state index contributed by atoms with van der Waals surface area (Å²) in [4.78, 5) is 12.7. The van der Waals surface area contributed by atoms with Crippen molar-refractivity contribution in [2.24, 2.45) is 0 Å². The molecular formula is C20H17FN2O2S. The molecule has 3 aromatic rings. The SMILES string of the molecule is C[C@H](Sc1nnc(-c2ccc(F)cc2)o1)C(=O)c1ccc2c(c1)CCC2. The number of aryl methyl sites for hydroxylation is 2. The van der Waals surface area contributed by atoms with Gasteiger partial charge < -0.3 is 4.42 Å². The maximum absolute atomic E-state index is 13.0. The number of thioether (sulfide) groups is 1. The molecule has 0 spiro atoms. The maximum Gasteiger partial charge on any atom is 0.277 e. The molecule has 0 radical (unpaired) electrons. The Bertz CT molecular complexity index is 953. The molecular weight excluding hydrogens is 351 g/mol. The Labute approximate surface area is 154 Å². The Hall–Kier alpha value is -2.47. The molecule has 132 valence electrons. The van der Waals surface area contributed by atoms with E-state index in [0.717, 1.165) is 24.8 Å². The van der Waals surface area contributed by atoms with Crippen LogP contribution in [0.2, 0.25) is 0 Å². The molecule has 2 aromatic carbocycles. The maximum atomic E-state index is 13.0. The van der Waals surface area contributed by atoms with Gasteiger partial charge >= 0.3 is 0 Å². The minimum absolute atomic E-state index is 0.0474. The van der Waals surface area contributed by atoms with Crippen LogP contribution in [0, 0.1) is 5.82 Å². The molecule has 0 bridgehead atoms. The number of hydrogen-bond donors (Lipinski definition) is 0. The molecule has 1 heterocycles. The van der Waals surface area contributed by atoms with Crippen molar-refractivity contribution < 1.29 is 13.6 Å². The topological polar surface area (TPSA) is 56.0 Å². The van der Waals surface area contributed by atoms with Gasteiger partial charge in [0.1, 0.15) is 5.82 Å². The molecule has 1 aromatic heterocycles. The van der Waals surface area contributed by atoms with Crippen molar-refractivity contribution in [2.45, 2.75) is 36.7 Å². The van der Waals surface area contributed by atoms with Crippen LogP contribution in [-0.4, -0.2) is 21.2 Å². The summed E-state index contributed by atoms with van der Waals surface area (Å²) < 4.78 is 18.6. The van der Waals surface area contributed by atoms with Gasteiger partial charge in [0.05, 0.1) is 5.25 Å². The number of ketones is 1. The van der Waals surface area contributed by atoms with E-state index in [1.54, 1.807) is 12.1 Å². The largest absolute Gasteiger partial charge is 0.411 e. The van der Waals surface area contributed by atoms with Crippen LogP contribution in [0.25, 0.3) is 11.5 Å². The van der Waals surface area contributed by atoms with Gasteiger partial charge in [0.15, 0.2) is 5.78 Å². The molecule has 4 nitrogen and oxygen atoms in total. The standard InChI is InChI=1S/C20H17FN2O2S/c1-12(18(24)16-6-5-13-3-2-4-15(13)11-16)26-20-23-22-19(25-20)14-7-9-17(21)10-8-14/h5-12H,2-4H2,1H3/t12-/m0/s1. The third kappa shape index (κ3) is 3.42. The van der Waals surface area contributed by atoms with Gasteiger partial charge in [-0.05, 0) is 67.6 Å². The molecule has 26 heavy (non-hydrogen) atoms. The number of rotatable bonds is 5. The van der Waals surface area contributed by atoms with E-state index in [9.17, 15) is 9.18 Å². The van der Waals surface area contributed by atoms with Gasteiger partial charge in [-0.3, -0.25) is 4.79 Å². The van der Waals surface area contributed by atoms with E-state index in [2.05, 4.69) is 16.3 Å². The number of fused-ring (bicyclic) bond motifs is 1. The predicted molar refractivity (Wildman–Crippen MR) is 97.8 cm³/mol. The van der Waals surface area contributed by atoms with Crippen LogP contribution in [0.15, 0.2) is 52.1 Å². The summed E-state index contributed by atoms with van der Waals surface area (Å²) in [6.07, 6.45) is 3.30. The fourth-order valence-electron chi connectivity index (χ4n) is 3.13. The summed E-state index contributed by atoms with van der Waals surface area (Å²) in [7, 11) is 0. The first-order valence-corrected chi connectivity index (χ1v) is 9.40. The second-order valence-electron chi connectivity index (χ2n) is 6.34. The number of nitrogens with zero attached hydrogens (tertiary/aromatic N) is 2. The van der Waals surface area contributed by atoms with Gasteiger partial charge in [-0.15, -0.1) is 10.2 Å². The Balaban J connectivity index is 1.47. The molecule has 0 N–H and O–H groups in total. The third-order valence-electron chi connectivity index (χ3n) is 4.53. The fourth-order valence-corrected chi connectivity index (χ4v) is 3.89. The highest BCUT2D eigenvalue weighted by Gasteiger charge is 2.22. The normalized spacial score (nSPS) is 14.2. The highest BCUT2D eigenvalue weighted by Crippen LogP contribution is 2.29. The Morgan fingerprint density at radius 3 is 2.69 bits per heavy atom. The van der Waals surface area contributed by atoms with Gasteiger partial charge in [0.25, 0.3) is 5.22 Å². The third-order valence-corrected chi connectivity index (χ3v) is 5.46. The van der Waals surface area contributed by atoms with E-state index >= 15 is 0 Å². The van der Waals surface area contributed by atoms with Crippen molar-refractivity contribution in [1.82, 2.24) is 10.2 Å². The lowest BCUT2D eigenvalue weighted by atomic mass is 10.0. The molecule has 0 unspecified atom stereocenters. The molecule has 0 saturated carbocycles. The first kappa shape index (κ1) is 17.0. The molecule has 6 heteroatoms. The zero-order chi connectivity index (χ0) is 18.1. The predicted octanol–water partition coefficient (Wildman–Crippen LogP) is 4.73. The molecule has 0 fully saturated rings. The van der Waals surface area contributed by atoms with Crippen LogP contribution in [-0.2, 0) is 12.8 Å². The number of hydrogen-bond acceptors (Lipinski definition) is 5. The molecule has 1 aliphatic rings. The smallest absolute Gasteiger partial charge is 0.277 e. The van der Waals surface area contributed by atoms with Crippen molar-refractivity contribution in [3.05, 3.63) is 65.0 Å². The van der Waals surface area contributed by atoms with E-state index in [1.165, 1.54) is 35.0 Å². The molecule has 1 atom stereocenters. The molecule has 4 rings (SSSR count). The number of carbonyl (C=O) groups is 1. The van der Waals surface area contributed by atoms with Gasteiger partial charge in [-0.25, -0.2) is 4.39 Å². The average Bonchev–Trinajstić information content (AvgIpc) is 3.30. The zero-order valence-corrected chi connectivity index (χ0v) is 15.1. The summed E-state index contributed by atoms with van der Waals surface area (Å²) in [5, 5.41) is 7.95. The van der Waals surface area contributed by atoms with Crippen molar-refractivity contribution in [1.29, 1.82) is 0 Å². The molecule has 0 aliphatic heterocycles. The van der Waals surface area contributed by atoms with Crippen LogP contribution in [0.5, 0.6) is 0 Å². The first-order valence-electron chi connectivity index (χ1n) is 8.52. The number of carbonyl (C=O) groups excluding carboxylic acids is 1. The van der Waals surface area contributed by atoms with Crippen LogP contribution in [0.1, 0.15) is 34.8 Å². The van der Waals surface area contributed by atoms with Crippen LogP contribution in [0.3, 0.4) is 0 Å². The van der Waals surface area contributed by atoms with Gasteiger partial charge in [-0.1, -0.05) is 23.9 Å². The second kappa shape index (κ2) is 7.03. The summed E-state index contributed by atoms with van der Waals surface area (Å²) in [6, 6.07) is 11.8. The van der Waals surface area contributed by atoms with E-state index in [0.29, 0.717) is 16.7 Å². The van der Waals surface area contributed by atoms with Crippen molar-refractivity contribution >= 4 is 17.5 Å². The summed E-state index contributed by atoms with van der Waals surface area (Å²) in [6.45, 7) is 1.84. The van der Waals surface area contributed by atoms with E-state index < -0.39 is 0 Å². The monoisotopic (exact) mass is 368 g/mol. The number of halogens is 1. The number of aromatic nitrogens is 2. The lowest BCUT2D eigenvalue weighted by Gasteiger charge is -2.09. The fraction of sp³-hybridized carbons (Fsp3) is 0.250. The number of benzene rings is 2. The Morgan fingerprint density at radius 2 is 1.88 bits per heavy atom. The lowest BCUT2D eigenvalue weighted by molar-refractivity contribution is 0.0993. The van der Waals surface area contributed by atoms with E-state index in [1.807, 2.05) is 19.1 Å². The Kier molecular flexibility index (Phi) is 4.59. The minimum Gasteiger partial charge on any atom is -0.411 e. The zero-order valence-electron chi connectivity index (χ0n) is 14.2. The van der Waals surface area contributed by atoms with E-state index in [-0.39, 0.29) is 16.9 Å². The van der Waals surface area contributed by atoms with Gasteiger partial charge in [0, 0.05) is 11.1 Å². The van der Waals surface area contributed by atoms with Crippen LogP contribution < -0.4 is 0 Å². The average molecular weight is 368 g/mol. The van der Waals surface area contributed by atoms with Crippen molar-refractivity contribution in [3.63, 3.8) is 0 Å². The highest BCUT2D eigenvalue weighted by atomic mass is 32.2. The molecule has 0 saturated heterocycles. The molecule has 0 amide bonds. The number of Topliss-reactive ketones (excluding diaryl/α,β-unsaturated/α-hetero) is 1. The summed E-state index contributed by atoms with van der Waals surface area (Å²) in [5.41, 5.74) is 4.00. The molecule has 1 aliphatic carbocycles.